The molecule has 0 saturated heterocycles. The molecule has 0 aliphatic heterocycles. The van der Waals surface area contributed by atoms with E-state index >= 15 is 0 Å². The van der Waals surface area contributed by atoms with Gasteiger partial charge in [-0.1, -0.05) is 48.0 Å². The summed E-state index contributed by atoms with van der Waals surface area (Å²) in [6.45, 7) is 0. The van der Waals surface area contributed by atoms with Gasteiger partial charge in [0, 0.05) is 27.9 Å². The largest absolute Gasteiger partial charge is 0.497 e. The first kappa shape index (κ1) is 24.7. The lowest BCUT2D eigenvalue weighted by molar-refractivity contribution is -0.116. The molecule has 0 radical (unpaired) electrons. The summed E-state index contributed by atoms with van der Waals surface area (Å²) in [6.07, 6.45) is 1.03. The van der Waals surface area contributed by atoms with Crippen LogP contribution < -0.4 is 20.7 Å². The van der Waals surface area contributed by atoms with Crippen LogP contribution in [0.15, 0.2) is 72.8 Å². The van der Waals surface area contributed by atoms with E-state index in [2.05, 4.69) is 16.0 Å². The van der Waals surface area contributed by atoms with Crippen LogP contribution in [0, 0.1) is 0 Å². The van der Waals surface area contributed by atoms with Gasteiger partial charge in [-0.15, -0.1) is 11.3 Å². The molecule has 0 aliphatic carbocycles. The minimum absolute atomic E-state index is 0.0853. The third kappa shape index (κ3) is 6.36. The van der Waals surface area contributed by atoms with Gasteiger partial charge in [0.15, 0.2) is 5.11 Å². The van der Waals surface area contributed by atoms with E-state index < -0.39 is 5.91 Å². The number of amides is 2. The summed E-state index contributed by atoms with van der Waals surface area (Å²) in [5.41, 5.74) is 2.36. The van der Waals surface area contributed by atoms with Crippen molar-refractivity contribution in [2.45, 2.75) is 12.8 Å². The highest BCUT2D eigenvalue weighted by Crippen LogP contribution is 2.37. The van der Waals surface area contributed by atoms with Crippen molar-refractivity contribution in [2.75, 3.05) is 17.7 Å². The molecule has 0 unspecified atom stereocenters. The molecule has 2 amide bonds. The number of benzene rings is 3. The number of anilines is 2. The molecule has 0 fully saturated rings. The Morgan fingerprint density at radius 2 is 1.71 bits per heavy atom. The van der Waals surface area contributed by atoms with Gasteiger partial charge in [0.1, 0.15) is 10.6 Å². The Kier molecular flexibility index (Phi) is 7.97. The number of rotatable bonds is 7. The second-order valence-corrected chi connectivity index (χ2v) is 9.47. The number of aryl methyl sites for hydroxylation is 1. The van der Waals surface area contributed by atoms with Crippen LogP contribution in [-0.4, -0.2) is 24.0 Å². The fourth-order valence-electron chi connectivity index (χ4n) is 3.44. The van der Waals surface area contributed by atoms with Crippen LogP contribution in [0.1, 0.15) is 21.7 Å². The average molecular weight is 524 g/mol. The highest BCUT2D eigenvalue weighted by atomic mass is 35.5. The van der Waals surface area contributed by atoms with Crippen LogP contribution in [-0.2, 0) is 11.2 Å². The van der Waals surface area contributed by atoms with Gasteiger partial charge in [-0.05, 0) is 60.6 Å². The fourth-order valence-corrected chi connectivity index (χ4v) is 5.09. The van der Waals surface area contributed by atoms with Crippen molar-refractivity contribution in [2.24, 2.45) is 0 Å². The van der Waals surface area contributed by atoms with Crippen LogP contribution in [0.5, 0.6) is 5.75 Å². The number of methoxy groups -OCH3 is 1. The minimum atomic E-state index is -0.405. The first-order valence-corrected chi connectivity index (χ1v) is 12.4. The molecule has 1 aromatic heterocycles. The van der Waals surface area contributed by atoms with Crippen molar-refractivity contribution in [1.82, 2.24) is 5.32 Å². The normalized spacial score (nSPS) is 10.6. The molecular weight excluding hydrogens is 502 g/mol. The number of hydrogen-bond donors (Lipinski definition) is 3. The van der Waals surface area contributed by atoms with Crippen LogP contribution >= 0.6 is 35.2 Å². The summed E-state index contributed by atoms with van der Waals surface area (Å²) in [6, 6.07) is 22.4. The topological polar surface area (TPSA) is 79.5 Å². The molecule has 0 bridgehead atoms. The van der Waals surface area contributed by atoms with Crippen molar-refractivity contribution >= 4 is 73.5 Å². The van der Waals surface area contributed by atoms with Crippen molar-refractivity contribution in [1.29, 1.82) is 0 Å². The predicted molar refractivity (Wildman–Crippen MR) is 147 cm³/mol. The zero-order valence-corrected chi connectivity index (χ0v) is 21.2. The number of nitrogens with one attached hydrogen (secondary N) is 3. The summed E-state index contributed by atoms with van der Waals surface area (Å²) in [5, 5.41) is 9.79. The third-order valence-electron chi connectivity index (χ3n) is 5.16. The maximum absolute atomic E-state index is 12.8. The van der Waals surface area contributed by atoms with Crippen molar-refractivity contribution < 1.29 is 14.3 Å². The van der Waals surface area contributed by atoms with Gasteiger partial charge >= 0.3 is 0 Å². The van der Waals surface area contributed by atoms with E-state index in [0.717, 1.165) is 15.6 Å². The third-order valence-corrected chi connectivity index (χ3v) is 7.02. The molecule has 9 heteroatoms. The lowest BCUT2D eigenvalue weighted by Gasteiger charge is -2.11. The molecule has 0 saturated carbocycles. The van der Waals surface area contributed by atoms with Crippen molar-refractivity contribution in [3.05, 3.63) is 88.3 Å². The Balaban J connectivity index is 1.35. The van der Waals surface area contributed by atoms with Crippen LogP contribution in [0.25, 0.3) is 10.1 Å². The van der Waals surface area contributed by atoms with E-state index in [0.29, 0.717) is 39.9 Å². The van der Waals surface area contributed by atoms with E-state index in [1.165, 1.54) is 11.3 Å². The first-order valence-electron chi connectivity index (χ1n) is 10.7. The van der Waals surface area contributed by atoms with Crippen molar-refractivity contribution in [3.63, 3.8) is 0 Å². The van der Waals surface area contributed by atoms with E-state index in [9.17, 15) is 9.59 Å². The molecule has 35 heavy (non-hydrogen) atoms. The summed E-state index contributed by atoms with van der Waals surface area (Å²) >= 11 is 13.0. The lowest BCUT2D eigenvalue weighted by atomic mass is 10.1. The molecule has 3 aromatic carbocycles. The Bertz CT molecular complexity index is 1390. The Hall–Kier alpha value is -3.46. The lowest BCUT2D eigenvalue weighted by Crippen LogP contribution is -2.33. The fraction of sp³-hybridized carbons (Fsp3) is 0.115. The van der Waals surface area contributed by atoms with Gasteiger partial charge < -0.3 is 15.4 Å². The molecule has 3 N–H and O–H groups in total. The molecule has 0 aliphatic rings. The van der Waals surface area contributed by atoms with Crippen LogP contribution in [0.3, 0.4) is 0 Å². The second kappa shape index (κ2) is 11.3. The van der Waals surface area contributed by atoms with Crippen LogP contribution in [0.2, 0.25) is 5.02 Å². The summed E-state index contributed by atoms with van der Waals surface area (Å²) in [5.74, 6) is 0.197. The number of thiocarbonyl (C=S) groups is 1. The summed E-state index contributed by atoms with van der Waals surface area (Å²) in [7, 11) is 1.58. The zero-order chi connectivity index (χ0) is 24.8. The molecule has 0 spiro atoms. The zero-order valence-electron chi connectivity index (χ0n) is 18.8. The van der Waals surface area contributed by atoms with Gasteiger partial charge in [-0.3, -0.25) is 14.9 Å². The first-order chi connectivity index (χ1) is 16.9. The predicted octanol–water partition coefficient (Wildman–Crippen LogP) is 6.26. The maximum atomic E-state index is 12.8. The Morgan fingerprint density at radius 3 is 2.46 bits per heavy atom. The summed E-state index contributed by atoms with van der Waals surface area (Å²) < 4.78 is 6.08. The number of halogens is 1. The number of hydrogen-bond acceptors (Lipinski definition) is 5. The molecule has 1 heterocycles. The smallest absolute Gasteiger partial charge is 0.269 e. The molecule has 4 rings (SSSR count). The van der Waals surface area contributed by atoms with E-state index in [4.69, 9.17) is 28.6 Å². The minimum Gasteiger partial charge on any atom is -0.497 e. The quantitative estimate of drug-likeness (QED) is 0.249. The van der Waals surface area contributed by atoms with E-state index in [1.807, 2.05) is 42.5 Å². The molecule has 6 nitrogen and oxygen atoms in total. The van der Waals surface area contributed by atoms with Gasteiger partial charge in [0.05, 0.1) is 12.1 Å². The van der Waals surface area contributed by atoms with E-state index in [1.54, 1.807) is 37.4 Å². The second-order valence-electron chi connectivity index (χ2n) is 7.63. The number of thiophene rings is 1. The maximum Gasteiger partial charge on any atom is 0.269 e. The molecule has 178 valence electrons. The monoisotopic (exact) mass is 523 g/mol. The number of ether oxygens (including phenoxy) is 1. The SMILES string of the molecule is COc1ccc2c(Cl)c(C(=O)NC(=S)Nc3cccc(NC(=O)CCc4ccccc4)c3)sc2c1. The average Bonchev–Trinajstić information content (AvgIpc) is 3.19. The number of carbonyl (C=O) groups excluding carboxylic acids is 2. The molecule has 4 aromatic rings. The molecular formula is C26H22ClN3O3S2. The Morgan fingerprint density at radius 1 is 0.971 bits per heavy atom. The standard InChI is InChI=1S/C26H22ClN3O3S2/c1-33-19-11-12-20-21(15-19)35-24(23(20)27)25(32)30-26(34)29-18-9-5-8-17(14-18)28-22(31)13-10-16-6-3-2-4-7-16/h2-9,11-12,14-15H,10,13H2,1H3,(H,28,31)(H2,29,30,32,34). The highest BCUT2D eigenvalue weighted by Gasteiger charge is 2.18. The summed E-state index contributed by atoms with van der Waals surface area (Å²) in [4.78, 5) is 25.5. The van der Waals surface area contributed by atoms with E-state index in [-0.39, 0.29) is 11.0 Å². The van der Waals surface area contributed by atoms with Crippen LogP contribution in [0.4, 0.5) is 11.4 Å². The molecule has 0 atom stereocenters. The van der Waals surface area contributed by atoms with Gasteiger partial charge in [-0.25, -0.2) is 0 Å². The number of fused-ring (bicyclic) bond motifs is 1. The van der Waals surface area contributed by atoms with Gasteiger partial charge in [0.25, 0.3) is 5.91 Å². The van der Waals surface area contributed by atoms with Gasteiger partial charge in [0.2, 0.25) is 5.91 Å². The number of carbonyl (C=O) groups is 2. The Labute approximate surface area is 217 Å². The van der Waals surface area contributed by atoms with Crippen molar-refractivity contribution in [3.8, 4) is 5.75 Å². The van der Waals surface area contributed by atoms with Gasteiger partial charge in [-0.2, -0.15) is 0 Å². The highest BCUT2D eigenvalue weighted by molar-refractivity contribution is 7.80.